The summed E-state index contributed by atoms with van der Waals surface area (Å²) in [5.74, 6) is 0.120. The van der Waals surface area contributed by atoms with E-state index in [1.165, 1.54) is 4.31 Å². The molecular weight excluding hydrogens is 306 g/mol. The average Bonchev–Trinajstić information content (AvgIpc) is 2.83. The van der Waals surface area contributed by atoms with Gasteiger partial charge in [0.15, 0.2) is 0 Å². The highest BCUT2D eigenvalue weighted by atomic mass is 32.2. The summed E-state index contributed by atoms with van der Waals surface area (Å²) < 4.78 is 30.1. The van der Waals surface area contributed by atoms with Crippen molar-refractivity contribution in [2.24, 2.45) is 5.41 Å². The first-order valence-electron chi connectivity index (χ1n) is 7.92. The van der Waals surface area contributed by atoms with Crippen LogP contribution in [0.25, 0.3) is 0 Å². The van der Waals surface area contributed by atoms with Gasteiger partial charge in [-0.15, -0.1) is 0 Å². The average molecular weight is 333 g/mol. The SMILES string of the molecule is COCC1(CNC(=O)CCN2CCCS2(=O)=O)CCNCC1. The Morgan fingerprint density at radius 1 is 1.36 bits per heavy atom. The molecule has 2 N–H and O–H groups in total. The molecule has 2 fully saturated rings. The number of ether oxygens (including phenoxy) is 1. The molecule has 2 rings (SSSR count). The summed E-state index contributed by atoms with van der Waals surface area (Å²) in [5, 5.41) is 6.28. The maximum absolute atomic E-state index is 12.0. The zero-order chi connectivity index (χ0) is 16.1. The quantitative estimate of drug-likeness (QED) is 0.658. The van der Waals surface area contributed by atoms with Gasteiger partial charge in [-0.3, -0.25) is 4.79 Å². The fourth-order valence-electron chi connectivity index (χ4n) is 3.18. The molecule has 0 bridgehead atoms. The van der Waals surface area contributed by atoms with Crippen LogP contribution in [0.2, 0.25) is 0 Å². The van der Waals surface area contributed by atoms with Crippen LogP contribution in [0.15, 0.2) is 0 Å². The predicted octanol–water partition coefficient (Wildman–Crippen LogP) is -0.456. The van der Waals surface area contributed by atoms with Gasteiger partial charge in [-0.1, -0.05) is 0 Å². The van der Waals surface area contributed by atoms with Gasteiger partial charge >= 0.3 is 0 Å². The Morgan fingerprint density at radius 3 is 2.68 bits per heavy atom. The van der Waals surface area contributed by atoms with Crippen LogP contribution < -0.4 is 10.6 Å². The fourth-order valence-corrected chi connectivity index (χ4v) is 4.71. The summed E-state index contributed by atoms with van der Waals surface area (Å²) in [7, 11) is -1.43. The van der Waals surface area contributed by atoms with Gasteiger partial charge < -0.3 is 15.4 Å². The summed E-state index contributed by atoms with van der Waals surface area (Å²) in [6.07, 6.45) is 2.83. The molecule has 1 amide bonds. The zero-order valence-electron chi connectivity index (χ0n) is 13.3. The van der Waals surface area contributed by atoms with Gasteiger partial charge in [0.25, 0.3) is 0 Å². The number of amides is 1. The molecule has 2 heterocycles. The largest absolute Gasteiger partial charge is 0.384 e. The molecule has 128 valence electrons. The maximum atomic E-state index is 12.0. The number of hydrogen-bond donors (Lipinski definition) is 2. The van der Waals surface area contributed by atoms with Crippen molar-refractivity contribution in [2.45, 2.75) is 25.7 Å². The molecule has 0 saturated carbocycles. The van der Waals surface area contributed by atoms with Crippen molar-refractivity contribution in [3.05, 3.63) is 0 Å². The molecule has 0 aliphatic carbocycles. The Hall–Kier alpha value is -0.700. The third-order valence-electron chi connectivity index (χ3n) is 4.57. The summed E-state index contributed by atoms with van der Waals surface area (Å²) in [4.78, 5) is 12.0. The molecule has 2 aliphatic rings. The molecule has 8 heteroatoms. The second kappa shape index (κ2) is 7.72. The molecular formula is C14H27N3O4S. The highest BCUT2D eigenvalue weighted by molar-refractivity contribution is 7.89. The third kappa shape index (κ3) is 4.65. The van der Waals surface area contributed by atoms with Gasteiger partial charge in [0.2, 0.25) is 15.9 Å². The lowest BCUT2D eigenvalue weighted by Crippen LogP contribution is -2.47. The van der Waals surface area contributed by atoms with Crippen LogP contribution in [0.1, 0.15) is 25.7 Å². The van der Waals surface area contributed by atoms with Crippen molar-refractivity contribution in [3.8, 4) is 0 Å². The first kappa shape index (κ1) is 17.7. The number of nitrogens with zero attached hydrogens (tertiary/aromatic N) is 1. The molecule has 2 aliphatic heterocycles. The molecule has 0 atom stereocenters. The normalized spacial score (nSPS) is 24.2. The van der Waals surface area contributed by atoms with Gasteiger partial charge in [0.05, 0.1) is 12.4 Å². The van der Waals surface area contributed by atoms with E-state index in [1.54, 1.807) is 7.11 Å². The van der Waals surface area contributed by atoms with E-state index in [4.69, 9.17) is 4.74 Å². The molecule has 0 aromatic carbocycles. The number of nitrogens with one attached hydrogen (secondary N) is 2. The van der Waals surface area contributed by atoms with Crippen molar-refractivity contribution in [3.63, 3.8) is 0 Å². The Bertz CT molecular complexity index is 469. The maximum Gasteiger partial charge on any atom is 0.221 e. The van der Waals surface area contributed by atoms with E-state index in [1.807, 2.05) is 0 Å². The lowest BCUT2D eigenvalue weighted by Gasteiger charge is -2.37. The number of sulfonamides is 1. The minimum Gasteiger partial charge on any atom is -0.384 e. The standard InChI is InChI=1S/C14H27N3O4S/c1-21-12-14(4-6-15-7-5-14)11-16-13(18)3-9-17-8-2-10-22(17,19)20/h15H,2-12H2,1H3,(H,16,18). The van der Waals surface area contributed by atoms with Gasteiger partial charge in [-0.05, 0) is 32.4 Å². The molecule has 0 aromatic heterocycles. The van der Waals surface area contributed by atoms with Crippen LogP contribution >= 0.6 is 0 Å². The van der Waals surface area contributed by atoms with E-state index in [9.17, 15) is 13.2 Å². The molecule has 0 radical (unpaired) electrons. The molecule has 0 aromatic rings. The van der Waals surface area contributed by atoms with Crippen LogP contribution in [0.5, 0.6) is 0 Å². The monoisotopic (exact) mass is 333 g/mol. The fraction of sp³-hybridized carbons (Fsp3) is 0.929. The van der Waals surface area contributed by atoms with E-state index in [2.05, 4.69) is 10.6 Å². The lowest BCUT2D eigenvalue weighted by atomic mass is 9.79. The lowest BCUT2D eigenvalue weighted by molar-refractivity contribution is -0.122. The smallest absolute Gasteiger partial charge is 0.221 e. The minimum atomic E-state index is -3.11. The van der Waals surface area contributed by atoms with Crippen LogP contribution in [-0.2, 0) is 19.6 Å². The Labute approximate surface area is 132 Å². The molecule has 22 heavy (non-hydrogen) atoms. The molecule has 7 nitrogen and oxygen atoms in total. The van der Waals surface area contributed by atoms with Gasteiger partial charge in [0.1, 0.15) is 0 Å². The van der Waals surface area contributed by atoms with E-state index in [-0.39, 0.29) is 30.0 Å². The Morgan fingerprint density at radius 2 is 2.09 bits per heavy atom. The van der Waals surface area contributed by atoms with Gasteiger partial charge in [-0.2, -0.15) is 0 Å². The number of rotatable bonds is 7. The van der Waals surface area contributed by atoms with Gasteiger partial charge in [0, 0.05) is 38.6 Å². The van der Waals surface area contributed by atoms with Gasteiger partial charge in [-0.25, -0.2) is 12.7 Å². The van der Waals surface area contributed by atoms with Crippen LogP contribution in [0, 0.1) is 5.41 Å². The number of carbonyl (C=O) groups excluding carboxylic acids is 1. The van der Waals surface area contributed by atoms with Crippen LogP contribution in [-0.4, -0.2) is 70.8 Å². The second-order valence-electron chi connectivity index (χ2n) is 6.28. The topological polar surface area (TPSA) is 87.7 Å². The number of hydrogen-bond acceptors (Lipinski definition) is 5. The zero-order valence-corrected chi connectivity index (χ0v) is 14.1. The molecule has 0 spiro atoms. The van der Waals surface area contributed by atoms with E-state index < -0.39 is 10.0 Å². The first-order chi connectivity index (χ1) is 10.5. The minimum absolute atomic E-state index is 0.00458. The summed E-state index contributed by atoms with van der Waals surface area (Å²) in [6.45, 7) is 3.92. The number of piperidine rings is 1. The Balaban J connectivity index is 1.76. The Kier molecular flexibility index (Phi) is 6.19. The highest BCUT2D eigenvalue weighted by Crippen LogP contribution is 2.28. The van der Waals surface area contributed by atoms with E-state index >= 15 is 0 Å². The van der Waals surface area contributed by atoms with E-state index in [0.717, 1.165) is 25.9 Å². The van der Waals surface area contributed by atoms with Crippen LogP contribution in [0.3, 0.4) is 0 Å². The molecule has 0 unspecified atom stereocenters. The van der Waals surface area contributed by atoms with Crippen molar-refractivity contribution >= 4 is 15.9 Å². The summed E-state index contributed by atoms with van der Waals surface area (Å²) in [5.41, 5.74) is -0.00458. The van der Waals surface area contributed by atoms with Crippen LogP contribution in [0.4, 0.5) is 0 Å². The number of carbonyl (C=O) groups is 1. The summed E-state index contributed by atoms with van der Waals surface area (Å²) >= 11 is 0. The van der Waals surface area contributed by atoms with Crippen molar-refractivity contribution in [1.29, 1.82) is 0 Å². The van der Waals surface area contributed by atoms with Crippen molar-refractivity contribution in [1.82, 2.24) is 14.9 Å². The second-order valence-corrected chi connectivity index (χ2v) is 8.37. The van der Waals surface area contributed by atoms with E-state index in [0.29, 0.717) is 26.1 Å². The number of methoxy groups -OCH3 is 1. The molecule has 2 saturated heterocycles. The predicted molar refractivity (Wildman–Crippen MR) is 84.0 cm³/mol. The highest BCUT2D eigenvalue weighted by Gasteiger charge is 2.33. The van der Waals surface area contributed by atoms with Crippen molar-refractivity contribution < 1.29 is 17.9 Å². The summed E-state index contributed by atoms with van der Waals surface area (Å²) in [6, 6.07) is 0. The van der Waals surface area contributed by atoms with Crippen molar-refractivity contribution in [2.75, 3.05) is 52.2 Å². The first-order valence-corrected chi connectivity index (χ1v) is 9.53. The third-order valence-corrected chi connectivity index (χ3v) is 6.52.